The lowest BCUT2D eigenvalue weighted by Gasteiger charge is -2.11. The van der Waals surface area contributed by atoms with Crippen LogP contribution < -0.4 is 5.73 Å². The fourth-order valence-electron chi connectivity index (χ4n) is 1.48. The average molecular weight is 275 g/mol. The molecular formula is C11H15ClN2O4. The van der Waals surface area contributed by atoms with Crippen LogP contribution in [0.15, 0.2) is 24.3 Å². The van der Waals surface area contributed by atoms with Crippen molar-refractivity contribution in [2.45, 2.75) is 19.4 Å². The van der Waals surface area contributed by atoms with Gasteiger partial charge in [-0.25, -0.2) is 0 Å². The van der Waals surface area contributed by atoms with E-state index < -0.39 is 16.9 Å². The molecule has 0 bridgehead atoms. The smallest absolute Gasteiger partial charge is 0.307 e. The van der Waals surface area contributed by atoms with Gasteiger partial charge in [0.05, 0.1) is 18.0 Å². The standard InChI is InChI=1S/C11H14N2O4.ClH/c1-2-17-11(14)7-9(12)8-5-3-4-6-10(8)13(15)16;/h3-6,9H,2,7,12H2,1H3;1H. The molecule has 0 heterocycles. The number of ether oxygens (including phenoxy) is 1. The van der Waals surface area contributed by atoms with Crippen LogP contribution >= 0.6 is 12.4 Å². The summed E-state index contributed by atoms with van der Waals surface area (Å²) in [6.45, 7) is 1.96. The van der Waals surface area contributed by atoms with Gasteiger partial charge in [-0.1, -0.05) is 18.2 Å². The minimum atomic E-state index is -0.726. The van der Waals surface area contributed by atoms with Crippen molar-refractivity contribution in [3.8, 4) is 0 Å². The lowest BCUT2D eigenvalue weighted by Crippen LogP contribution is -2.18. The Balaban J connectivity index is 0.00000289. The third kappa shape index (κ3) is 4.31. The van der Waals surface area contributed by atoms with E-state index in [1.165, 1.54) is 6.07 Å². The second-order valence-electron chi connectivity index (χ2n) is 3.43. The van der Waals surface area contributed by atoms with Crippen LogP contribution in [0.2, 0.25) is 0 Å². The van der Waals surface area contributed by atoms with E-state index >= 15 is 0 Å². The highest BCUT2D eigenvalue weighted by Gasteiger charge is 2.21. The van der Waals surface area contributed by atoms with Gasteiger partial charge in [0, 0.05) is 17.7 Å². The van der Waals surface area contributed by atoms with Crippen LogP contribution in [0, 0.1) is 10.1 Å². The topological polar surface area (TPSA) is 95.5 Å². The van der Waals surface area contributed by atoms with Crippen molar-refractivity contribution in [2.24, 2.45) is 5.73 Å². The molecule has 1 unspecified atom stereocenters. The van der Waals surface area contributed by atoms with Crippen molar-refractivity contribution in [1.82, 2.24) is 0 Å². The van der Waals surface area contributed by atoms with Gasteiger partial charge in [-0.05, 0) is 6.92 Å². The number of para-hydroxylation sites is 1. The predicted molar refractivity (Wildman–Crippen MR) is 68.5 cm³/mol. The summed E-state index contributed by atoms with van der Waals surface area (Å²) in [5, 5.41) is 10.8. The Morgan fingerprint density at radius 3 is 2.67 bits per heavy atom. The maximum Gasteiger partial charge on any atom is 0.307 e. The minimum absolute atomic E-state index is 0. The number of benzene rings is 1. The Morgan fingerprint density at radius 2 is 2.11 bits per heavy atom. The molecule has 0 aliphatic carbocycles. The van der Waals surface area contributed by atoms with E-state index in [4.69, 9.17) is 10.5 Å². The molecule has 0 fully saturated rings. The summed E-state index contributed by atoms with van der Waals surface area (Å²) < 4.78 is 4.75. The molecule has 7 heteroatoms. The summed E-state index contributed by atoms with van der Waals surface area (Å²) >= 11 is 0. The quantitative estimate of drug-likeness (QED) is 0.503. The number of nitro groups is 1. The van der Waals surface area contributed by atoms with E-state index in [1.807, 2.05) is 0 Å². The lowest BCUT2D eigenvalue weighted by atomic mass is 10.0. The number of carbonyl (C=O) groups excluding carboxylic acids is 1. The largest absolute Gasteiger partial charge is 0.466 e. The monoisotopic (exact) mass is 274 g/mol. The van der Waals surface area contributed by atoms with Gasteiger partial charge in [0.25, 0.3) is 5.69 Å². The maximum absolute atomic E-state index is 11.2. The Kier molecular flexibility index (Phi) is 6.92. The molecule has 0 saturated heterocycles. The molecule has 0 saturated carbocycles. The van der Waals surface area contributed by atoms with E-state index in [9.17, 15) is 14.9 Å². The molecule has 1 atom stereocenters. The van der Waals surface area contributed by atoms with Gasteiger partial charge in [-0.3, -0.25) is 14.9 Å². The van der Waals surface area contributed by atoms with Gasteiger partial charge in [0.1, 0.15) is 0 Å². The van der Waals surface area contributed by atoms with Gasteiger partial charge in [-0.15, -0.1) is 12.4 Å². The summed E-state index contributed by atoms with van der Waals surface area (Å²) in [5.41, 5.74) is 6.02. The molecular weight excluding hydrogens is 260 g/mol. The lowest BCUT2D eigenvalue weighted by molar-refractivity contribution is -0.385. The summed E-state index contributed by atoms with van der Waals surface area (Å²) in [7, 11) is 0. The number of hydrogen-bond acceptors (Lipinski definition) is 5. The van der Waals surface area contributed by atoms with Crippen LogP contribution in [0.3, 0.4) is 0 Å². The van der Waals surface area contributed by atoms with Crippen LogP contribution in [0.25, 0.3) is 0 Å². The SMILES string of the molecule is CCOC(=O)CC(N)c1ccccc1[N+](=O)[O-].Cl. The maximum atomic E-state index is 11.2. The predicted octanol–water partition coefficient (Wildman–Crippen LogP) is 1.97. The molecule has 18 heavy (non-hydrogen) atoms. The van der Waals surface area contributed by atoms with Crippen molar-refractivity contribution >= 4 is 24.1 Å². The van der Waals surface area contributed by atoms with Crippen LogP contribution in [-0.4, -0.2) is 17.5 Å². The second kappa shape index (κ2) is 7.62. The van der Waals surface area contributed by atoms with E-state index in [0.717, 1.165) is 0 Å². The van der Waals surface area contributed by atoms with E-state index in [1.54, 1.807) is 25.1 Å². The molecule has 1 rings (SSSR count). The number of halogens is 1. The van der Waals surface area contributed by atoms with Gasteiger partial charge < -0.3 is 10.5 Å². The number of carbonyl (C=O) groups is 1. The Labute approximate surface area is 111 Å². The summed E-state index contributed by atoms with van der Waals surface area (Å²) in [6, 6.07) is 5.38. The van der Waals surface area contributed by atoms with Crippen LogP contribution in [0.1, 0.15) is 24.9 Å². The van der Waals surface area contributed by atoms with E-state index in [0.29, 0.717) is 5.56 Å². The number of esters is 1. The first-order valence-corrected chi connectivity index (χ1v) is 5.20. The molecule has 2 N–H and O–H groups in total. The normalized spacial score (nSPS) is 11.2. The summed E-state index contributed by atoms with van der Waals surface area (Å²) in [5.74, 6) is -0.460. The zero-order valence-electron chi connectivity index (χ0n) is 9.87. The first kappa shape index (κ1) is 16.3. The first-order valence-electron chi connectivity index (χ1n) is 5.20. The summed E-state index contributed by atoms with van der Waals surface area (Å²) in [4.78, 5) is 21.5. The third-order valence-electron chi connectivity index (χ3n) is 2.22. The van der Waals surface area contributed by atoms with Crippen LogP contribution in [-0.2, 0) is 9.53 Å². The highest BCUT2D eigenvalue weighted by molar-refractivity contribution is 5.85. The molecule has 100 valence electrons. The van der Waals surface area contributed by atoms with E-state index in [-0.39, 0.29) is 31.1 Å². The number of nitro benzene ring substituents is 1. The highest BCUT2D eigenvalue weighted by Crippen LogP contribution is 2.25. The van der Waals surface area contributed by atoms with Gasteiger partial charge >= 0.3 is 5.97 Å². The minimum Gasteiger partial charge on any atom is -0.466 e. The molecule has 0 aliphatic heterocycles. The fourth-order valence-corrected chi connectivity index (χ4v) is 1.48. The van der Waals surface area contributed by atoms with Crippen molar-refractivity contribution in [1.29, 1.82) is 0 Å². The van der Waals surface area contributed by atoms with Gasteiger partial charge in [0.15, 0.2) is 0 Å². The zero-order chi connectivity index (χ0) is 12.8. The summed E-state index contributed by atoms with van der Waals surface area (Å²) in [6.07, 6.45) is -0.0707. The first-order chi connectivity index (χ1) is 8.06. The molecule has 1 aromatic carbocycles. The van der Waals surface area contributed by atoms with Crippen molar-refractivity contribution in [2.75, 3.05) is 6.61 Å². The Morgan fingerprint density at radius 1 is 1.50 bits per heavy atom. The molecule has 1 aromatic rings. The molecule has 0 spiro atoms. The third-order valence-corrected chi connectivity index (χ3v) is 2.22. The Hall–Kier alpha value is -1.66. The number of nitrogens with two attached hydrogens (primary N) is 1. The van der Waals surface area contributed by atoms with Crippen LogP contribution in [0.5, 0.6) is 0 Å². The molecule has 0 radical (unpaired) electrons. The number of nitrogens with zero attached hydrogens (tertiary/aromatic N) is 1. The number of hydrogen-bond donors (Lipinski definition) is 1. The van der Waals surface area contributed by atoms with E-state index in [2.05, 4.69) is 0 Å². The van der Waals surface area contributed by atoms with Crippen molar-refractivity contribution < 1.29 is 14.5 Å². The average Bonchev–Trinajstić information content (AvgIpc) is 2.29. The number of rotatable bonds is 5. The molecule has 6 nitrogen and oxygen atoms in total. The molecule has 0 aromatic heterocycles. The van der Waals surface area contributed by atoms with Crippen molar-refractivity contribution in [3.63, 3.8) is 0 Å². The van der Waals surface area contributed by atoms with Crippen molar-refractivity contribution in [3.05, 3.63) is 39.9 Å². The van der Waals surface area contributed by atoms with Gasteiger partial charge in [-0.2, -0.15) is 0 Å². The highest BCUT2D eigenvalue weighted by atomic mass is 35.5. The van der Waals surface area contributed by atoms with Gasteiger partial charge in [0.2, 0.25) is 0 Å². The molecule has 0 aliphatic rings. The Bertz CT molecular complexity index is 425. The fraction of sp³-hybridized carbons (Fsp3) is 0.364. The molecule has 0 amide bonds. The van der Waals surface area contributed by atoms with Crippen LogP contribution in [0.4, 0.5) is 5.69 Å². The second-order valence-corrected chi connectivity index (χ2v) is 3.43. The zero-order valence-corrected chi connectivity index (χ0v) is 10.7.